The van der Waals surface area contributed by atoms with Crippen LogP contribution >= 0.6 is 23.2 Å². The number of nitrogens with zero attached hydrogens (tertiary/aromatic N) is 4. The molecule has 0 saturated carbocycles. The number of hydrogen-bond acceptors (Lipinski definition) is 3. The Balaban J connectivity index is 0.00000121. The zero-order valence-corrected chi connectivity index (χ0v) is 14.2. The first-order valence-corrected chi connectivity index (χ1v) is 7.34. The molecule has 4 fully saturated rings. The van der Waals surface area contributed by atoms with Gasteiger partial charge in [-0.1, -0.05) is 29.3 Å². The summed E-state index contributed by atoms with van der Waals surface area (Å²) in [4.78, 5) is 7.50. The van der Waals surface area contributed by atoms with Crippen LogP contribution in [0.5, 0.6) is 0 Å². The highest BCUT2D eigenvalue weighted by atomic mass is 79.9. The summed E-state index contributed by atoms with van der Waals surface area (Å²) in [5.41, 5.74) is 1.09. The van der Waals surface area contributed by atoms with Crippen molar-refractivity contribution in [2.45, 2.75) is 6.54 Å². The molecule has 1 aromatic rings. The molecule has 0 aromatic heterocycles. The van der Waals surface area contributed by atoms with E-state index >= 15 is 0 Å². The lowest BCUT2D eigenvalue weighted by atomic mass is 10.1. The highest BCUT2D eigenvalue weighted by molar-refractivity contribution is 6.35. The van der Waals surface area contributed by atoms with Crippen LogP contribution in [-0.4, -0.2) is 59.2 Å². The molecule has 0 radical (unpaired) electrons. The summed E-state index contributed by atoms with van der Waals surface area (Å²) >= 11 is 12.7. The van der Waals surface area contributed by atoms with Gasteiger partial charge >= 0.3 is 0 Å². The Labute approximate surface area is 139 Å². The first kappa shape index (κ1) is 15.0. The standard InChI is InChI=1S/C13H17Cl2N4.BrH/c14-12-2-1-3-13(15)11(12)4-19-8-16-5-17(9-19)7-18(6-16)10-19;/h1-3H,4-10H2;1H/q+1;/p-1. The van der Waals surface area contributed by atoms with Gasteiger partial charge < -0.3 is 17.0 Å². The minimum absolute atomic E-state index is 0. The molecule has 5 rings (SSSR count). The van der Waals surface area contributed by atoms with Crippen molar-refractivity contribution in [3.8, 4) is 0 Å². The summed E-state index contributed by atoms with van der Waals surface area (Å²) in [6.45, 7) is 7.55. The van der Waals surface area contributed by atoms with E-state index in [1.165, 1.54) is 0 Å². The van der Waals surface area contributed by atoms with Crippen LogP contribution in [0, 0.1) is 0 Å². The van der Waals surface area contributed by atoms with E-state index in [-0.39, 0.29) is 17.0 Å². The van der Waals surface area contributed by atoms with Crippen molar-refractivity contribution in [2.75, 3.05) is 40.0 Å². The van der Waals surface area contributed by atoms with E-state index in [9.17, 15) is 0 Å². The van der Waals surface area contributed by atoms with Gasteiger partial charge in [-0.2, -0.15) is 0 Å². The maximum atomic E-state index is 6.33. The molecular formula is C13H17BrCl2N4. The van der Waals surface area contributed by atoms with Crippen molar-refractivity contribution < 1.29 is 21.5 Å². The molecule has 0 unspecified atom stereocenters. The average molecular weight is 380 g/mol. The topological polar surface area (TPSA) is 9.72 Å². The zero-order chi connectivity index (χ0) is 13.0. The second kappa shape index (κ2) is 5.39. The van der Waals surface area contributed by atoms with Gasteiger partial charge in [0.15, 0.2) is 0 Å². The van der Waals surface area contributed by atoms with E-state index in [4.69, 9.17) is 23.2 Å². The quantitative estimate of drug-likeness (QED) is 0.611. The Hall–Kier alpha value is 0.120. The fraction of sp³-hybridized carbons (Fsp3) is 0.538. The summed E-state index contributed by atoms with van der Waals surface area (Å²) in [6, 6.07) is 5.79. The maximum Gasteiger partial charge on any atom is 0.139 e. The molecule has 0 atom stereocenters. The number of hydrogen-bond donors (Lipinski definition) is 0. The Bertz CT molecular complexity index is 470. The molecule has 0 aliphatic carbocycles. The van der Waals surface area contributed by atoms with Crippen LogP contribution in [0.3, 0.4) is 0 Å². The molecule has 4 saturated heterocycles. The molecule has 0 N–H and O–H groups in total. The van der Waals surface area contributed by atoms with Gasteiger partial charge in [0.2, 0.25) is 0 Å². The van der Waals surface area contributed by atoms with E-state index < -0.39 is 0 Å². The minimum atomic E-state index is 0. The van der Waals surface area contributed by atoms with Crippen LogP contribution in [0.15, 0.2) is 18.2 Å². The number of halogens is 3. The third kappa shape index (κ3) is 2.50. The van der Waals surface area contributed by atoms with Gasteiger partial charge in [-0.15, -0.1) is 0 Å². The molecule has 4 aliphatic rings. The lowest BCUT2D eigenvalue weighted by Gasteiger charge is -2.60. The van der Waals surface area contributed by atoms with Gasteiger partial charge in [0.1, 0.15) is 26.6 Å². The van der Waals surface area contributed by atoms with Crippen LogP contribution in [0.4, 0.5) is 0 Å². The predicted molar refractivity (Wildman–Crippen MR) is 75.1 cm³/mol. The molecule has 110 valence electrons. The smallest absolute Gasteiger partial charge is 0.139 e. The Morgan fingerprint density at radius 3 is 1.80 bits per heavy atom. The average Bonchev–Trinajstić information content (AvgIpc) is 2.32. The van der Waals surface area contributed by atoms with Crippen molar-refractivity contribution in [3.63, 3.8) is 0 Å². The number of benzene rings is 1. The monoisotopic (exact) mass is 378 g/mol. The van der Waals surface area contributed by atoms with Gasteiger partial charge in [-0.3, -0.25) is 4.48 Å². The molecule has 7 heteroatoms. The van der Waals surface area contributed by atoms with Gasteiger partial charge in [-0.25, -0.2) is 14.7 Å². The van der Waals surface area contributed by atoms with Crippen molar-refractivity contribution >= 4 is 23.2 Å². The van der Waals surface area contributed by atoms with Crippen molar-refractivity contribution in [2.24, 2.45) is 0 Å². The highest BCUT2D eigenvalue weighted by Gasteiger charge is 2.48. The second-order valence-electron chi connectivity index (χ2n) is 6.06. The lowest BCUT2D eigenvalue weighted by Crippen LogP contribution is -3.00. The molecular weight excluding hydrogens is 363 g/mol. The Morgan fingerprint density at radius 2 is 1.35 bits per heavy atom. The SMILES string of the molecule is Clc1cccc(Cl)c1C[N+]12CN3CN(CN(C3)C1)C2.[Br-]. The van der Waals surface area contributed by atoms with Gasteiger partial charge in [-0.05, 0) is 12.1 Å². The fourth-order valence-corrected chi connectivity index (χ4v) is 4.34. The summed E-state index contributed by atoms with van der Waals surface area (Å²) in [7, 11) is 0. The molecule has 4 bridgehead atoms. The van der Waals surface area contributed by atoms with Crippen LogP contribution in [-0.2, 0) is 6.54 Å². The molecule has 4 nitrogen and oxygen atoms in total. The zero-order valence-electron chi connectivity index (χ0n) is 11.1. The fourth-order valence-electron chi connectivity index (χ4n) is 3.83. The van der Waals surface area contributed by atoms with Crippen molar-refractivity contribution in [1.29, 1.82) is 0 Å². The van der Waals surface area contributed by atoms with E-state index in [1.54, 1.807) is 0 Å². The molecule has 20 heavy (non-hydrogen) atoms. The van der Waals surface area contributed by atoms with Gasteiger partial charge in [0.25, 0.3) is 0 Å². The van der Waals surface area contributed by atoms with E-state index in [2.05, 4.69) is 14.7 Å². The minimum Gasteiger partial charge on any atom is -1.00 e. The van der Waals surface area contributed by atoms with Crippen molar-refractivity contribution in [3.05, 3.63) is 33.8 Å². The number of rotatable bonds is 2. The van der Waals surface area contributed by atoms with E-state index in [0.29, 0.717) is 0 Å². The highest BCUT2D eigenvalue weighted by Crippen LogP contribution is 2.34. The Kier molecular flexibility index (Phi) is 4.05. The van der Waals surface area contributed by atoms with Crippen molar-refractivity contribution in [1.82, 2.24) is 14.7 Å². The molecule has 0 amide bonds. The largest absolute Gasteiger partial charge is 1.00 e. The second-order valence-corrected chi connectivity index (χ2v) is 6.88. The van der Waals surface area contributed by atoms with Crippen LogP contribution < -0.4 is 17.0 Å². The van der Waals surface area contributed by atoms with Crippen LogP contribution in [0.2, 0.25) is 10.0 Å². The Morgan fingerprint density at radius 1 is 0.900 bits per heavy atom. The van der Waals surface area contributed by atoms with Crippen LogP contribution in [0.25, 0.3) is 0 Å². The normalized spacial score (nSPS) is 37.8. The molecule has 1 aromatic carbocycles. The van der Waals surface area contributed by atoms with Crippen LogP contribution in [0.1, 0.15) is 5.56 Å². The number of quaternary nitrogens is 1. The first-order valence-electron chi connectivity index (χ1n) is 6.59. The third-order valence-electron chi connectivity index (χ3n) is 4.26. The lowest BCUT2D eigenvalue weighted by molar-refractivity contribution is -0.991. The first-order chi connectivity index (χ1) is 9.13. The summed E-state index contributed by atoms with van der Waals surface area (Å²) < 4.78 is 1.03. The van der Waals surface area contributed by atoms with Gasteiger partial charge in [0.05, 0.1) is 30.1 Å². The predicted octanol–water partition coefficient (Wildman–Crippen LogP) is -0.994. The van der Waals surface area contributed by atoms with Gasteiger partial charge in [0, 0.05) is 5.56 Å². The summed E-state index contributed by atoms with van der Waals surface area (Å²) in [5.74, 6) is 0. The molecule has 4 aliphatic heterocycles. The maximum absolute atomic E-state index is 6.33. The summed E-state index contributed by atoms with van der Waals surface area (Å²) in [5, 5.41) is 1.59. The third-order valence-corrected chi connectivity index (χ3v) is 4.96. The molecule has 4 heterocycles. The summed E-state index contributed by atoms with van der Waals surface area (Å²) in [6.07, 6.45) is 0. The van der Waals surface area contributed by atoms with E-state index in [1.807, 2.05) is 18.2 Å². The van der Waals surface area contributed by atoms with E-state index in [0.717, 1.165) is 66.6 Å². The molecule has 0 spiro atoms.